The molecule has 1 aliphatic heterocycles. The van der Waals surface area contributed by atoms with Gasteiger partial charge in [0.05, 0.1) is 22.3 Å². The number of aromatic nitrogens is 4. The molecule has 0 amide bonds. The van der Waals surface area contributed by atoms with Gasteiger partial charge in [0.15, 0.2) is 0 Å². The lowest BCUT2D eigenvalue weighted by atomic mass is 9.74. The average molecular weight is 499 g/mol. The predicted molar refractivity (Wildman–Crippen MR) is 143 cm³/mol. The SMILES string of the molecule is CCC1(CC)CCN(c2nc(-c3ccc(C#N)c(F)c3)n(-c3ccc4nn(C)cc4c3)c(=O)c2C)CC1. The number of aryl methyl sites for hydroxylation is 1. The molecule has 0 atom stereocenters. The van der Waals surface area contributed by atoms with Crippen LogP contribution in [-0.2, 0) is 7.05 Å². The van der Waals surface area contributed by atoms with Crippen molar-refractivity contribution in [2.24, 2.45) is 12.5 Å². The Labute approximate surface area is 215 Å². The van der Waals surface area contributed by atoms with E-state index in [1.165, 1.54) is 12.1 Å². The minimum absolute atomic E-state index is 0.0479. The van der Waals surface area contributed by atoms with Gasteiger partial charge in [-0.15, -0.1) is 0 Å². The second-order valence-electron chi connectivity index (χ2n) is 10.1. The lowest BCUT2D eigenvalue weighted by Crippen LogP contribution is -2.41. The summed E-state index contributed by atoms with van der Waals surface area (Å²) in [6.45, 7) is 7.96. The maximum atomic E-state index is 14.7. The first kappa shape index (κ1) is 24.7. The molecule has 8 heteroatoms. The zero-order chi connectivity index (χ0) is 26.3. The molecule has 4 aromatic rings. The maximum absolute atomic E-state index is 14.7. The molecule has 0 unspecified atom stereocenters. The van der Waals surface area contributed by atoms with Crippen molar-refractivity contribution in [1.29, 1.82) is 5.26 Å². The van der Waals surface area contributed by atoms with E-state index in [0.717, 1.165) is 49.7 Å². The van der Waals surface area contributed by atoms with Crippen molar-refractivity contribution >= 4 is 16.7 Å². The molecule has 2 aromatic heterocycles. The van der Waals surface area contributed by atoms with Crippen LogP contribution in [0, 0.1) is 29.5 Å². The van der Waals surface area contributed by atoms with Gasteiger partial charge in [-0.1, -0.05) is 26.7 Å². The Morgan fingerprint density at radius 2 is 1.84 bits per heavy atom. The maximum Gasteiger partial charge on any atom is 0.263 e. The number of hydrogen-bond acceptors (Lipinski definition) is 5. The van der Waals surface area contributed by atoms with Crippen molar-refractivity contribution in [3.05, 3.63) is 69.9 Å². The number of fused-ring (bicyclic) bond motifs is 1. The Hall–Kier alpha value is -3.99. The smallest absolute Gasteiger partial charge is 0.263 e. The number of anilines is 1. The predicted octanol–water partition coefficient (Wildman–Crippen LogP) is 5.51. The van der Waals surface area contributed by atoms with E-state index in [9.17, 15) is 14.4 Å². The Morgan fingerprint density at radius 3 is 2.49 bits per heavy atom. The van der Waals surface area contributed by atoms with Gasteiger partial charge in [-0.2, -0.15) is 10.4 Å². The first-order valence-corrected chi connectivity index (χ1v) is 12.8. The zero-order valence-electron chi connectivity index (χ0n) is 21.8. The molecule has 190 valence electrons. The molecule has 37 heavy (non-hydrogen) atoms. The number of rotatable bonds is 5. The van der Waals surface area contributed by atoms with E-state index in [4.69, 9.17) is 4.98 Å². The third-order valence-corrected chi connectivity index (χ3v) is 8.11. The second-order valence-corrected chi connectivity index (χ2v) is 10.1. The molecule has 0 bridgehead atoms. The lowest BCUT2D eigenvalue weighted by molar-refractivity contribution is 0.199. The van der Waals surface area contributed by atoms with Crippen molar-refractivity contribution in [1.82, 2.24) is 19.3 Å². The van der Waals surface area contributed by atoms with Gasteiger partial charge >= 0.3 is 0 Å². The highest BCUT2D eigenvalue weighted by Gasteiger charge is 2.33. The van der Waals surface area contributed by atoms with Gasteiger partial charge in [-0.05, 0) is 61.6 Å². The Morgan fingerprint density at radius 1 is 1.11 bits per heavy atom. The number of nitriles is 1. The van der Waals surface area contributed by atoms with Gasteiger partial charge in [0.1, 0.15) is 23.5 Å². The fourth-order valence-electron chi connectivity index (χ4n) is 5.51. The van der Waals surface area contributed by atoms with Crippen molar-refractivity contribution in [3.63, 3.8) is 0 Å². The number of halogens is 1. The molecule has 5 rings (SSSR count). The molecule has 0 radical (unpaired) electrons. The number of benzene rings is 2. The minimum Gasteiger partial charge on any atom is -0.356 e. The third kappa shape index (κ3) is 4.29. The summed E-state index contributed by atoms with van der Waals surface area (Å²) in [6.07, 6.45) is 6.25. The molecular formula is C29H31FN6O. The highest BCUT2D eigenvalue weighted by atomic mass is 19.1. The monoisotopic (exact) mass is 498 g/mol. The molecule has 1 saturated heterocycles. The zero-order valence-corrected chi connectivity index (χ0v) is 21.8. The van der Waals surface area contributed by atoms with Crippen LogP contribution in [0.5, 0.6) is 0 Å². The van der Waals surface area contributed by atoms with E-state index >= 15 is 0 Å². The van der Waals surface area contributed by atoms with Crippen LogP contribution in [0.1, 0.15) is 50.7 Å². The summed E-state index contributed by atoms with van der Waals surface area (Å²) in [5.74, 6) is 0.351. The largest absolute Gasteiger partial charge is 0.356 e. The van der Waals surface area contributed by atoms with Crippen LogP contribution < -0.4 is 10.5 Å². The van der Waals surface area contributed by atoms with E-state index in [1.807, 2.05) is 44.4 Å². The fraction of sp³-hybridized carbons (Fsp3) is 0.379. The summed E-state index contributed by atoms with van der Waals surface area (Å²) in [6, 6.07) is 11.8. The first-order chi connectivity index (χ1) is 17.8. The molecule has 2 aromatic carbocycles. The molecule has 7 nitrogen and oxygen atoms in total. The summed E-state index contributed by atoms with van der Waals surface area (Å²) in [5, 5.41) is 14.5. The summed E-state index contributed by atoms with van der Waals surface area (Å²) < 4.78 is 18.0. The summed E-state index contributed by atoms with van der Waals surface area (Å²) >= 11 is 0. The Balaban J connectivity index is 1.69. The topological polar surface area (TPSA) is 79.7 Å². The summed E-state index contributed by atoms with van der Waals surface area (Å²) in [5.41, 5.74) is 2.53. The average Bonchev–Trinajstić information content (AvgIpc) is 3.29. The van der Waals surface area contributed by atoms with Crippen molar-refractivity contribution in [3.8, 4) is 23.1 Å². The normalized spacial score (nSPS) is 15.2. The molecule has 3 heterocycles. The minimum atomic E-state index is -0.640. The van der Waals surface area contributed by atoms with Gasteiger partial charge in [0, 0.05) is 37.3 Å². The van der Waals surface area contributed by atoms with Gasteiger partial charge in [0.2, 0.25) is 0 Å². The number of hydrogen-bond donors (Lipinski definition) is 0. The van der Waals surface area contributed by atoms with Crippen LogP contribution in [0.15, 0.2) is 47.4 Å². The molecule has 1 aliphatic rings. The number of piperidine rings is 1. The molecular weight excluding hydrogens is 467 g/mol. The Bertz CT molecular complexity index is 1580. The van der Waals surface area contributed by atoms with Crippen molar-refractivity contribution in [2.75, 3.05) is 18.0 Å². The van der Waals surface area contributed by atoms with Crippen LogP contribution >= 0.6 is 0 Å². The summed E-state index contributed by atoms with van der Waals surface area (Å²) in [4.78, 5) is 21.1. The molecule has 0 N–H and O–H groups in total. The summed E-state index contributed by atoms with van der Waals surface area (Å²) in [7, 11) is 1.85. The fourth-order valence-corrected chi connectivity index (χ4v) is 5.51. The number of nitrogens with zero attached hydrogens (tertiary/aromatic N) is 6. The van der Waals surface area contributed by atoms with Crippen molar-refractivity contribution in [2.45, 2.75) is 46.5 Å². The van der Waals surface area contributed by atoms with Gasteiger partial charge in [-0.3, -0.25) is 14.0 Å². The Kier molecular flexibility index (Phi) is 6.32. The van der Waals surface area contributed by atoms with E-state index in [-0.39, 0.29) is 11.1 Å². The second kappa shape index (κ2) is 9.47. The highest BCUT2D eigenvalue weighted by molar-refractivity contribution is 5.81. The van der Waals surface area contributed by atoms with E-state index in [0.29, 0.717) is 33.9 Å². The van der Waals surface area contributed by atoms with Crippen LogP contribution in [0.4, 0.5) is 10.2 Å². The lowest BCUT2D eigenvalue weighted by Gasteiger charge is -2.42. The molecule has 0 spiro atoms. The van der Waals surface area contributed by atoms with Crippen LogP contribution in [0.2, 0.25) is 0 Å². The van der Waals surface area contributed by atoms with Crippen LogP contribution in [-0.4, -0.2) is 32.4 Å². The third-order valence-electron chi connectivity index (χ3n) is 8.11. The molecule has 1 fully saturated rings. The van der Waals surface area contributed by atoms with Gasteiger partial charge in [-0.25, -0.2) is 9.37 Å². The van der Waals surface area contributed by atoms with Crippen LogP contribution in [0.25, 0.3) is 28.0 Å². The first-order valence-electron chi connectivity index (χ1n) is 12.8. The van der Waals surface area contributed by atoms with Gasteiger partial charge < -0.3 is 4.90 Å². The van der Waals surface area contributed by atoms with E-state index in [2.05, 4.69) is 23.8 Å². The molecule has 0 aliphatic carbocycles. The van der Waals surface area contributed by atoms with E-state index in [1.54, 1.807) is 15.3 Å². The standard InChI is InChI=1S/C29H31FN6O/c1-5-29(6-2)11-13-35(14-12-29)26-19(3)28(37)36(23-9-10-25-22(15-23)18-34(4)33-25)27(32-26)20-7-8-21(17-31)24(30)16-20/h7-10,15-16,18H,5-6,11-14H2,1-4H3. The van der Waals surface area contributed by atoms with Crippen molar-refractivity contribution < 1.29 is 4.39 Å². The van der Waals surface area contributed by atoms with Crippen LogP contribution in [0.3, 0.4) is 0 Å². The van der Waals surface area contributed by atoms with E-state index < -0.39 is 5.82 Å². The van der Waals surface area contributed by atoms with Gasteiger partial charge in [0.25, 0.3) is 5.56 Å². The highest BCUT2D eigenvalue weighted by Crippen LogP contribution is 2.39. The quantitative estimate of drug-likeness (QED) is 0.362. The molecule has 0 saturated carbocycles.